The maximum atomic E-state index is 7.63. The van der Waals surface area contributed by atoms with Gasteiger partial charge in [0.15, 0.2) is 23.0 Å². The van der Waals surface area contributed by atoms with Gasteiger partial charge in [0.05, 0.1) is 28.4 Å². The lowest BCUT2D eigenvalue weighted by molar-refractivity contribution is 0.190. The number of amidine groups is 2. The molecule has 0 saturated heterocycles. The average molecular weight is 512 g/mol. The highest BCUT2D eigenvalue weighted by Crippen LogP contribution is 2.39. The Morgan fingerprint density at radius 3 is 1.20 bits per heavy atom. The third kappa shape index (κ3) is 7.72. The van der Waals surface area contributed by atoms with Gasteiger partial charge in [0, 0.05) is 24.2 Å². The maximum Gasteiger partial charge on any atom is 0.203 e. The highest BCUT2D eigenvalue weighted by molar-refractivity contribution is 5.96. The summed E-state index contributed by atoms with van der Waals surface area (Å²) in [4.78, 5) is 2.03. The molecule has 2 aromatic carbocycles. The lowest BCUT2D eigenvalue weighted by Crippen LogP contribution is -2.29. The number of halogens is 1. The quantitative estimate of drug-likeness (QED) is 0.220. The highest BCUT2D eigenvalue weighted by Gasteiger charge is 2.17. The van der Waals surface area contributed by atoms with Crippen LogP contribution < -0.4 is 39.9 Å². The second kappa shape index (κ2) is 14.0. The van der Waals surface area contributed by atoms with E-state index in [9.17, 15) is 0 Å². The van der Waals surface area contributed by atoms with Crippen molar-refractivity contribution in [2.24, 2.45) is 11.5 Å². The monoisotopic (exact) mass is 511 g/mol. The number of nitrogen functional groups attached to an aromatic ring is 2. The van der Waals surface area contributed by atoms with Gasteiger partial charge in [-0.05, 0) is 31.3 Å². The van der Waals surface area contributed by atoms with E-state index >= 15 is 0 Å². The zero-order valence-corrected chi connectivity index (χ0v) is 21.4. The van der Waals surface area contributed by atoms with E-state index in [0.29, 0.717) is 71.9 Å². The van der Waals surface area contributed by atoms with E-state index in [2.05, 4.69) is 0 Å². The van der Waals surface area contributed by atoms with Crippen molar-refractivity contribution in [2.75, 3.05) is 61.8 Å². The molecule has 0 atom stereocenters. The van der Waals surface area contributed by atoms with Gasteiger partial charge >= 0.3 is 0 Å². The minimum atomic E-state index is -0.0907. The lowest BCUT2D eigenvalue weighted by Gasteiger charge is -2.20. The van der Waals surface area contributed by atoms with Crippen molar-refractivity contribution in [3.63, 3.8) is 0 Å². The van der Waals surface area contributed by atoms with Crippen LogP contribution in [0.3, 0.4) is 0 Å². The molecule has 194 valence electrons. The number of likely N-dealkylation sites (N-methyl/N-ethyl adjacent to an activating group) is 1. The minimum Gasteiger partial charge on any atom is -0.493 e. The molecule has 2 rings (SSSR count). The maximum absolute atomic E-state index is 7.63. The number of ether oxygens (including phenoxy) is 6. The van der Waals surface area contributed by atoms with Crippen LogP contribution in [-0.2, 0) is 0 Å². The van der Waals surface area contributed by atoms with Crippen molar-refractivity contribution in [3.05, 3.63) is 35.4 Å². The van der Waals surface area contributed by atoms with Gasteiger partial charge in [-0.3, -0.25) is 15.7 Å². The third-order valence-electron chi connectivity index (χ3n) is 4.98. The molecule has 0 bridgehead atoms. The summed E-state index contributed by atoms with van der Waals surface area (Å²) in [5, 5.41) is 15.3. The predicted octanol–water partition coefficient (Wildman–Crippen LogP) is 2.10. The van der Waals surface area contributed by atoms with E-state index in [0.717, 1.165) is 0 Å². The van der Waals surface area contributed by atoms with Crippen molar-refractivity contribution in [2.45, 2.75) is 0 Å². The largest absolute Gasteiger partial charge is 0.493 e. The van der Waals surface area contributed by atoms with Crippen LogP contribution in [0.15, 0.2) is 24.3 Å². The Bertz CT molecular complexity index is 890. The number of hydrogen-bond donors (Lipinski definition) is 4. The molecule has 11 nitrogen and oxygen atoms in total. The molecule has 0 aliphatic carbocycles. The van der Waals surface area contributed by atoms with Gasteiger partial charge in [0.1, 0.15) is 24.9 Å². The van der Waals surface area contributed by atoms with Crippen LogP contribution >= 0.6 is 12.4 Å². The molecule has 0 aliphatic rings. The number of methoxy groups -OCH3 is 4. The summed E-state index contributed by atoms with van der Waals surface area (Å²) in [5.74, 6) is 2.44. The van der Waals surface area contributed by atoms with E-state index in [4.69, 9.17) is 50.7 Å². The molecule has 12 heteroatoms. The van der Waals surface area contributed by atoms with Gasteiger partial charge < -0.3 is 39.9 Å². The first-order chi connectivity index (χ1) is 16.2. The van der Waals surface area contributed by atoms with Crippen molar-refractivity contribution < 1.29 is 28.4 Å². The Morgan fingerprint density at radius 2 is 0.971 bits per heavy atom. The van der Waals surface area contributed by atoms with Gasteiger partial charge in [-0.2, -0.15) is 0 Å². The lowest BCUT2D eigenvalue weighted by atomic mass is 10.1. The summed E-state index contributed by atoms with van der Waals surface area (Å²) >= 11 is 0. The molecular weight excluding hydrogens is 478 g/mol. The van der Waals surface area contributed by atoms with Crippen molar-refractivity contribution in [1.82, 2.24) is 4.90 Å². The summed E-state index contributed by atoms with van der Waals surface area (Å²) < 4.78 is 33.4. The molecule has 0 spiro atoms. The fourth-order valence-corrected chi connectivity index (χ4v) is 3.07. The second-order valence-electron chi connectivity index (χ2n) is 7.25. The molecule has 2 aromatic rings. The first-order valence-corrected chi connectivity index (χ1v) is 10.4. The van der Waals surface area contributed by atoms with Crippen LogP contribution in [0.5, 0.6) is 34.5 Å². The fraction of sp³-hybridized carbons (Fsp3) is 0.391. The van der Waals surface area contributed by atoms with E-state index in [-0.39, 0.29) is 24.1 Å². The number of nitrogens with two attached hydrogens (primary N) is 2. The Balaban J connectivity index is 0.00000612. The van der Waals surface area contributed by atoms with Crippen LogP contribution in [0.2, 0.25) is 0 Å². The number of nitrogens with one attached hydrogen (secondary N) is 2. The first-order valence-electron chi connectivity index (χ1n) is 10.4. The van der Waals surface area contributed by atoms with Crippen LogP contribution in [-0.4, -0.2) is 78.4 Å². The normalized spacial score (nSPS) is 10.2. The van der Waals surface area contributed by atoms with Gasteiger partial charge in [0.2, 0.25) is 11.5 Å². The Hall–Kier alpha value is -3.57. The Kier molecular flexibility index (Phi) is 11.8. The van der Waals surface area contributed by atoms with Gasteiger partial charge in [-0.25, -0.2) is 0 Å². The summed E-state index contributed by atoms with van der Waals surface area (Å²) in [5.41, 5.74) is 12.1. The Morgan fingerprint density at radius 1 is 0.686 bits per heavy atom. The van der Waals surface area contributed by atoms with E-state index < -0.39 is 0 Å². The summed E-state index contributed by atoms with van der Waals surface area (Å²) in [6, 6.07) is 6.54. The summed E-state index contributed by atoms with van der Waals surface area (Å²) in [6.45, 7) is 1.93. The molecule has 0 fully saturated rings. The van der Waals surface area contributed by atoms with Gasteiger partial charge in [-0.15, -0.1) is 12.4 Å². The van der Waals surface area contributed by atoms with Gasteiger partial charge in [0.25, 0.3) is 0 Å². The fourth-order valence-electron chi connectivity index (χ4n) is 3.07. The third-order valence-corrected chi connectivity index (χ3v) is 4.98. The van der Waals surface area contributed by atoms with E-state index in [1.807, 2.05) is 11.9 Å². The number of benzene rings is 2. The molecule has 6 N–H and O–H groups in total. The standard InChI is InChI=1S/C23H33N5O6.ClH/c1-28(6-8-33-20-16(29-2)10-14(22(24)25)11-17(20)30-3)7-9-34-21-18(31-4)12-15(23(26)27)13-19(21)32-5;/h10-13H,6-9H2,1-5H3,(H3,24,25)(H3,26,27);1H. The number of hydrogen-bond acceptors (Lipinski definition) is 9. The van der Waals surface area contributed by atoms with Crippen molar-refractivity contribution in [1.29, 1.82) is 10.8 Å². The molecule has 0 amide bonds. The molecule has 35 heavy (non-hydrogen) atoms. The SMILES string of the molecule is COc1cc(C(=N)N)cc(OC)c1OCCN(C)CCOc1c(OC)cc(C(=N)N)cc1OC.Cl. The molecule has 0 heterocycles. The molecule has 0 unspecified atom stereocenters. The second-order valence-corrected chi connectivity index (χ2v) is 7.25. The zero-order chi connectivity index (χ0) is 25.3. The molecule has 0 saturated carbocycles. The van der Waals surface area contributed by atoms with Crippen LogP contribution in [0.4, 0.5) is 0 Å². The van der Waals surface area contributed by atoms with Crippen molar-refractivity contribution >= 4 is 24.1 Å². The molecule has 0 radical (unpaired) electrons. The number of rotatable bonds is 14. The summed E-state index contributed by atoms with van der Waals surface area (Å²) in [6.07, 6.45) is 0. The average Bonchev–Trinajstić information content (AvgIpc) is 2.83. The molecular formula is C23H34ClN5O6. The van der Waals surface area contributed by atoms with Crippen molar-refractivity contribution in [3.8, 4) is 34.5 Å². The molecule has 0 aliphatic heterocycles. The van der Waals surface area contributed by atoms with Crippen LogP contribution in [0.25, 0.3) is 0 Å². The van der Waals surface area contributed by atoms with Crippen LogP contribution in [0, 0.1) is 10.8 Å². The molecule has 0 aromatic heterocycles. The Labute approximate surface area is 211 Å². The topological polar surface area (TPSA) is 158 Å². The van der Waals surface area contributed by atoms with Crippen LogP contribution in [0.1, 0.15) is 11.1 Å². The minimum absolute atomic E-state index is 0. The van der Waals surface area contributed by atoms with Gasteiger partial charge in [-0.1, -0.05) is 0 Å². The predicted molar refractivity (Wildman–Crippen MR) is 137 cm³/mol. The smallest absolute Gasteiger partial charge is 0.203 e. The summed E-state index contributed by atoms with van der Waals surface area (Å²) in [7, 11) is 8.00. The zero-order valence-electron chi connectivity index (χ0n) is 20.6. The highest BCUT2D eigenvalue weighted by atomic mass is 35.5. The van der Waals surface area contributed by atoms with E-state index in [1.165, 1.54) is 28.4 Å². The first kappa shape index (κ1) is 29.5. The number of nitrogens with zero attached hydrogens (tertiary/aromatic N) is 1. The van der Waals surface area contributed by atoms with E-state index in [1.54, 1.807) is 24.3 Å².